The fourth-order valence-corrected chi connectivity index (χ4v) is 4.77. The van der Waals surface area contributed by atoms with Crippen LogP contribution in [0.1, 0.15) is 41.0 Å². The Labute approximate surface area is 196 Å². The number of aliphatic hydroxyl groups is 1. The molecule has 3 aromatic rings. The number of hydrogen-bond donors (Lipinski definition) is 2. The fourth-order valence-electron chi connectivity index (χ4n) is 3.95. The summed E-state index contributed by atoms with van der Waals surface area (Å²) < 4.78 is 5.71. The van der Waals surface area contributed by atoms with Crippen molar-refractivity contribution in [1.29, 1.82) is 0 Å². The minimum atomic E-state index is -0.853. The van der Waals surface area contributed by atoms with Crippen molar-refractivity contribution in [1.82, 2.24) is 0 Å². The van der Waals surface area contributed by atoms with E-state index in [9.17, 15) is 19.8 Å². The lowest BCUT2D eigenvalue weighted by Gasteiger charge is -2.25. The van der Waals surface area contributed by atoms with Gasteiger partial charge in [0.25, 0.3) is 11.7 Å². The first-order chi connectivity index (χ1) is 15.8. The van der Waals surface area contributed by atoms with Crippen LogP contribution < -0.4 is 9.64 Å². The van der Waals surface area contributed by atoms with E-state index in [0.717, 1.165) is 17.5 Å². The van der Waals surface area contributed by atoms with Gasteiger partial charge in [0.15, 0.2) is 0 Å². The Morgan fingerprint density at radius 2 is 1.91 bits per heavy atom. The first-order valence-electron chi connectivity index (χ1n) is 10.7. The Hall–Kier alpha value is -3.58. The highest BCUT2D eigenvalue weighted by Crippen LogP contribution is 2.46. The number of benzene rings is 2. The number of aromatic hydroxyl groups is 1. The maximum Gasteiger partial charge on any atom is 0.300 e. The summed E-state index contributed by atoms with van der Waals surface area (Å²) >= 11 is 1.37. The molecule has 1 amide bonds. The number of phenolic OH excluding ortho intramolecular Hbond substituents is 1. The molecule has 0 saturated carbocycles. The Morgan fingerprint density at radius 1 is 1.12 bits per heavy atom. The number of nitrogens with zero attached hydrogens (tertiary/aromatic N) is 1. The molecule has 0 aliphatic carbocycles. The van der Waals surface area contributed by atoms with Gasteiger partial charge in [0.2, 0.25) is 0 Å². The first kappa shape index (κ1) is 22.6. The van der Waals surface area contributed by atoms with E-state index in [1.165, 1.54) is 22.3 Å². The summed E-state index contributed by atoms with van der Waals surface area (Å²) in [5.41, 5.74) is 2.28. The number of anilines is 1. The van der Waals surface area contributed by atoms with Gasteiger partial charge in [-0.05, 0) is 73.2 Å². The van der Waals surface area contributed by atoms with Crippen LogP contribution in [0.4, 0.5) is 5.69 Å². The van der Waals surface area contributed by atoms with Crippen LogP contribution in [0.2, 0.25) is 0 Å². The van der Waals surface area contributed by atoms with Crippen LogP contribution in [0.25, 0.3) is 5.76 Å². The van der Waals surface area contributed by atoms with Gasteiger partial charge in [-0.15, -0.1) is 11.3 Å². The van der Waals surface area contributed by atoms with Crippen LogP contribution in [0.3, 0.4) is 0 Å². The molecule has 1 aliphatic heterocycles. The zero-order chi connectivity index (χ0) is 23.7. The van der Waals surface area contributed by atoms with Crippen molar-refractivity contribution in [2.75, 3.05) is 11.5 Å². The van der Waals surface area contributed by atoms with Gasteiger partial charge in [-0.1, -0.05) is 19.1 Å². The number of Topliss-reactive ketones (excluding diaryl/α,β-unsaturated/α-hetero) is 1. The molecule has 2 aromatic carbocycles. The molecule has 1 fully saturated rings. The smallest absolute Gasteiger partial charge is 0.300 e. The highest BCUT2D eigenvalue weighted by molar-refractivity contribution is 7.10. The van der Waals surface area contributed by atoms with Crippen molar-refractivity contribution in [3.8, 4) is 11.5 Å². The number of carbonyl (C=O) groups excluding carboxylic acids is 2. The van der Waals surface area contributed by atoms with Gasteiger partial charge < -0.3 is 14.9 Å². The zero-order valence-corrected chi connectivity index (χ0v) is 19.5. The third-order valence-electron chi connectivity index (χ3n) is 5.56. The second kappa shape index (κ2) is 9.11. The van der Waals surface area contributed by atoms with Crippen molar-refractivity contribution in [3.05, 3.63) is 81.1 Å². The number of hydrogen-bond acceptors (Lipinski definition) is 6. The molecule has 2 heterocycles. The van der Waals surface area contributed by atoms with Gasteiger partial charge in [0.05, 0.1) is 17.9 Å². The summed E-state index contributed by atoms with van der Waals surface area (Å²) in [7, 11) is 0. The molecule has 1 atom stereocenters. The van der Waals surface area contributed by atoms with Gasteiger partial charge >= 0.3 is 0 Å². The molecule has 1 aromatic heterocycles. The number of carbonyl (C=O) groups is 2. The average molecular weight is 464 g/mol. The average Bonchev–Trinajstić information content (AvgIpc) is 3.41. The van der Waals surface area contributed by atoms with Gasteiger partial charge in [0, 0.05) is 10.4 Å². The molecule has 7 heteroatoms. The van der Waals surface area contributed by atoms with E-state index >= 15 is 0 Å². The normalized spacial score (nSPS) is 17.5. The molecule has 6 nitrogen and oxygen atoms in total. The molecule has 170 valence electrons. The molecule has 1 saturated heterocycles. The largest absolute Gasteiger partial charge is 0.507 e. The van der Waals surface area contributed by atoms with Crippen molar-refractivity contribution in [3.63, 3.8) is 0 Å². The van der Waals surface area contributed by atoms with Crippen LogP contribution in [-0.2, 0) is 9.59 Å². The van der Waals surface area contributed by atoms with Crippen molar-refractivity contribution in [2.24, 2.45) is 0 Å². The second-order valence-electron chi connectivity index (χ2n) is 8.01. The second-order valence-corrected chi connectivity index (χ2v) is 8.98. The van der Waals surface area contributed by atoms with E-state index < -0.39 is 17.7 Å². The summed E-state index contributed by atoms with van der Waals surface area (Å²) in [4.78, 5) is 28.3. The number of ketones is 1. The van der Waals surface area contributed by atoms with E-state index in [1.54, 1.807) is 36.4 Å². The van der Waals surface area contributed by atoms with Crippen molar-refractivity contribution >= 4 is 34.5 Å². The van der Waals surface area contributed by atoms with Crippen LogP contribution in [0, 0.1) is 13.8 Å². The van der Waals surface area contributed by atoms with E-state index in [-0.39, 0.29) is 22.8 Å². The van der Waals surface area contributed by atoms with Crippen molar-refractivity contribution < 1.29 is 24.5 Å². The van der Waals surface area contributed by atoms with Gasteiger partial charge in [-0.25, -0.2) is 0 Å². The number of ether oxygens (including phenoxy) is 1. The Balaban J connectivity index is 1.87. The minimum absolute atomic E-state index is 0.00928. The number of amides is 1. The van der Waals surface area contributed by atoms with Crippen LogP contribution in [0.15, 0.2) is 59.5 Å². The maximum absolute atomic E-state index is 13.2. The number of phenols is 1. The molecule has 4 rings (SSSR count). The Kier molecular flexibility index (Phi) is 6.24. The molecule has 1 aliphatic rings. The predicted octanol–water partition coefficient (Wildman–Crippen LogP) is 5.49. The molecule has 0 bridgehead atoms. The summed E-state index contributed by atoms with van der Waals surface area (Å²) in [6.07, 6.45) is 0.872. The van der Waals surface area contributed by atoms with E-state index in [1.807, 2.05) is 32.2 Å². The van der Waals surface area contributed by atoms with Crippen molar-refractivity contribution in [2.45, 2.75) is 33.2 Å². The Bertz CT molecular complexity index is 1250. The van der Waals surface area contributed by atoms with Gasteiger partial charge in [-0.3, -0.25) is 14.5 Å². The number of aliphatic hydroxyl groups excluding tert-OH is 1. The SMILES string of the molecule is CCCOc1ccc(/C(O)=C2/C(=O)C(=O)N(c3cc(C)ccc3O)C2c2cccs2)cc1C. The lowest BCUT2D eigenvalue weighted by atomic mass is 9.98. The highest BCUT2D eigenvalue weighted by Gasteiger charge is 2.48. The summed E-state index contributed by atoms with van der Waals surface area (Å²) in [5.74, 6) is -1.26. The standard InChI is InChI=1S/C26H25NO5S/c1-4-11-32-20-10-8-17(14-16(20)3)24(29)22-23(21-6-5-12-33-21)27(26(31)25(22)30)18-13-15(2)7-9-19(18)28/h5-10,12-14,23,28-29H,4,11H2,1-3H3/b24-22-. The quantitative estimate of drug-likeness (QED) is 0.287. The summed E-state index contributed by atoms with van der Waals surface area (Å²) in [5, 5.41) is 23.6. The third-order valence-corrected chi connectivity index (χ3v) is 6.48. The summed E-state index contributed by atoms with van der Waals surface area (Å²) in [6.45, 7) is 6.30. The van der Waals surface area contributed by atoms with Crippen LogP contribution in [-0.4, -0.2) is 28.5 Å². The predicted molar refractivity (Wildman–Crippen MR) is 129 cm³/mol. The van der Waals surface area contributed by atoms with E-state index in [0.29, 0.717) is 22.8 Å². The number of rotatable bonds is 6. The molecular formula is C26H25NO5S. The third kappa shape index (κ3) is 4.12. The molecule has 0 radical (unpaired) electrons. The zero-order valence-electron chi connectivity index (χ0n) is 18.7. The molecular weight excluding hydrogens is 438 g/mol. The summed E-state index contributed by atoms with van der Waals surface area (Å²) in [6, 6.07) is 12.8. The minimum Gasteiger partial charge on any atom is -0.507 e. The van der Waals surface area contributed by atoms with Gasteiger partial charge in [0.1, 0.15) is 23.3 Å². The Morgan fingerprint density at radius 3 is 2.58 bits per heavy atom. The molecule has 1 unspecified atom stereocenters. The molecule has 0 spiro atoms. The van der Waals surface area contributed by atoms with E-state index in [4.69, 9.17) is 4.74 Å². The number of thiophene rings is 1. The first-order valence-corrected chi connectivity index (χ1v) is 11.6. The maximum atomic E-state index is 13.2. The van der Waals surface area contributed by atoms with Crippen LogP contribution >= 0.6 is 11.3 Å². The lowest BCUT2D eigenvalue weighted by Crippen LogP contribution is -2.29. The highest BCUT2D eigenvalue weighted by atomic mass is 32.1. The van der Waals surface area contributed by atoms with Gasteiger partial charge in [-0.2, -0.15) is 0 Å². The van der Waals surface area contributed by atoms with Crippen LogP contribution in [0.5, 0.6) is 11.5 Å². The lowest BCUT2D eigenvalue weighted by molar-refractivity contribution is -0.132. The number of aryl methyl sites for hydroxylation is 2. The molecule has 2 N–H and O–H groups in total. The van der Waals surface area contributed by atoms with E-state index in [2.05, 4.69) is 0 Å². The molecule has 33 heavy (non-hydrogen) atoms. The fraction of sp³-hybridized carbons (Fsp3) is 0.231. The monoisotopic (exact) mass is 463 g/mol. The topological polar surface area (TPSA) is 87.1 Å².